The third-order valence-corrected chi connectivity index (χ3v) is 4.73. The lowest BCUT2D eigenvalue weighted by molar-refractivity contribution is 0.356. The molecule has 2 aromatic rings. The first-order valence-corrected chi connectivity index (χ1v) is 8.02. The fraction of sp³-hybridized carbons (Fsp3) is 0.421. The maximum absolute atomic E-state index is 4.14. The van der Waals surface area contributed by atoms with E-state index in [9.17, 15) is 0 Å². The van der Waals surface area contributed by atoms with E-state index >= 15 is 0 Å². The highest BCUT2D eigenvalue weighted by atomic mass is 14.9. The van der Waals surface area contributed by atoms with Crippen LogP contribution in [0.4, 0.5) is 0 Å². The molecule has 0 amide bonds. The zero-order valence-corrected chi connectivity index (χ0v) is 12.9. The zero-order valence-electron chi connectivity index (χ0n) is 12.9. The van der Waals surface area contributed by atoms with E-state index in [4.69, 9.17) is 0 Å². The number of benzene rings is 1. The van der Waals surface area contributed by atoms with E-state index in [1.165, 1.54) is 29.5 Å². The predicted molar refractivity (Wildman–Crippen MR) is 87.6 cm³/mol. The predicted octanol–water partition coefficient (Wildman–Crippen LogP) is 3.89. The van der Waals surface area contributed by atoms with Gasteiger partial charge in [-0.05, 0) is 54.1 Å². The Morgan fingerprint density at radius 1 is 1.19 bits per heavy atom. The Balaban J connectivity index is 1.82. The van der Waals surface area contributed by atoms with Crippen LogP contribution in [0, 0.1) is 0 Å². The maximum Gasteiger partial charge on any atom is 0.0270 e. The molecule has 0 bridgehead atoms. The second-order valence-corrected chi connectivity index (χ2v) is 6.06. The molecule has 1 aromatic carbocycles. The lowest BCUT2D eigenvalue weighted by atomic mass is 9.69. The molecule has 2 nitrogen and oxygen atoms in total. The molecule has 1 aliphatic carbocycles. The van der Waals surface area contributed by atoms with Crippen LogP contribution in [0.15, 0.2) is 48.8 Å². The summed E-state index contributed by atoms with van der Waals surface area (Å²) in [5, 5.41) is 3.79. The van der Waals surface area contributed by atoms with Gasteiger partial charge in [-0.25, -0.2) is 0 Å². The van der Waals surface area contributed by atoms with Crippen LogP contribution >= 0.6 is 0 Å². The van der Waals surface area contributed by atoms with E-state index in [-0.39, 0.29) is 0 Å². The van der Waals surface area contributed by atoms with Gasteiger partial charge in [0.25, 0.3) is 0 Å². The molecule has 2 heteroatoms. The minimum Gasteiger partial charge on any atom is -0.313 e. The molecule has 1 aromatic heterocycles. The molecule has 1 aliphatic rings. The van der Waals surface area contributed by atoms with Crippen molar-refractivity contribution in [2.24, 2.45) is 0 Å². The Bertz CT molecular complexity index is 577. The summed E-state index contributed by atoms with van der Waals surface area (Å²) in [5.74, 6) is 1.13. The molecule has 0 saturated heterocycles. The number of hydrogen-bond acceptors (Lipinski definition) is 2. The number of rotatable bonds is 6. The Labute approximate surface area is 127 Å². The summed E-state index contributed by atoms with van der Waals surface area (Å²) in [6.45, 7) is 5.65. The van der Waals surface area contributed by atoms with Gasteiger partial charge in [0.05, 0.1) is 0 Å². The third-order valence-electron chi connectivity index (χ3n) is 4.73. The molecular weight excluding hydrogens is 256 g/mol. The van der Waals surface area contributed by atoms with Gasteiger partial charge in [0.1, 0.15) is 0 Å². The second kappa shape index (κ2) is 6.40. The van der Waals surface area contributed by atoms with Gasteiger partial charge in [-0.3, -0.25) is 4.98 Å². The Kier molecular flexibility index (Phi) is 4.35. The second-order valence-electron chi connectivity index (χ2n) is 6.06. The van der Waals surface area contributed by atoms with Crippen LogP contribution in [-0.4, -0.2) is 17.6 Å². The van der Waals surface area contributed by atoms with Crippen LogP contribution in [0.2, 0.25) is 0 Å². The highest BCUT2D eigenvalue weighted by molar-refractivity contribution is 5.42. The molecule has 21 heavy (non-hydrogen) atoms. The molecular formula is C19H24N2. The molecule has 3 unspecified atom stereocenters. The molecule has 0 saturated carbocycles. The lowest BCUT2D eigenvalue weighted by Gasteiger charge is -2.40. The zero-order chi connectivity index (χ0) is 14.7. The normalized spacial score (nSPS) is 19.4. The maximum atomic E-state index is 4.14. The number of nitrogens with zero attached hydrogens (tertiary/aromatic N) is 1. The van der Waals surface area contributed by atoms with Gasteiger partial charge >= 0.3 is 0 Å². The van der Waals surface area contributed by atoms with Gasteiger partial charge in [0.15, 0.2) is 0 Å². The van der Waals surface area contributed by atoms with E-state index in [0.29, 0.717) is 17.9 Å². The van der Waals surface area contributed by atoms with Crippen molar-refractivity contribution in [3.8, 4) is 0 Å². The van der Waals surface area contributed by atoms with Crippen LogP contribution in [0.25, 0.3) is 0 Å². The summed E-state index contributed by atoms with van der Waals surface area (Å²) in [6.07, 6.45) is 6.18. The first kappa shape index (κ1) is 14.3. The Morgan fingerprint density at radius 3 is 2.67 bits per heavy atom. The van der Waals surface area contributed by atoms with Crippen LogP contribution < -0.4 is 5.32 Å². The molecule has 1 N–H and O–H groups in total. The van der Waals surface area contributed by atoms with Crippen molar-refractivity contribution in [2.45, 2.75) is 44.6 Å². The molecule has 3 atom stereocenters. The molecule has 3 rings (SSSR count). The third kappa shape index (κ3) is 2.86. The van der Waals surface area contributed by atoms with E-state index in [0.717, 1.165) is 6.54 Å². The highest BCUT2D eigenvalue weighted by Crippen LogP contribution is 2.41. The van der Waals surface area contributed by atoms with Crippen LogP contribution in [-0.2, 0) is 6.42 Å². The van der Waals surface area contributed by atoms with E-state index in [1.807, 2.05) is 12.4 Å². The molecule has 0 aliphatic heterocycles. The van der Waals surface area contributed by atoms with Gasteiger partial charge in [-0.15, -0.1) is 0 Å². The van der Waals surface area contributed by atoms with E-state index in [2.05, 4.69) is 60.5 Å². The standard InChI is InChI=1S/C19H24N2/c1-3-10-21-19(14(2)15-8-11-20-12-9-15)18-13-16-6-4-5-7-17(16)18/h4-9,11-12,14,18-19,21H,3,10,13H2,1-2H3. The fourth-order valence-corrected chi connectivity index (χ4v) is 3.47. The SMILES string of the molecule is CCCNC(C(C)c1ccncc1)C1Cc2ccccc21. The Hall–Kier alpha value is -1.67. The van der Waals surface area contributed by atoms with Crippen LogP contribution in [0.3, 0.4) is 0 Å². The topological polar surface area (TPSA) is 24.9 Å². The molecule has 0 fully saturated rings. The van der Waals surface area contributed by atoms with Crippen molar-refractivity contribution in [1.29, 1.82) is 0 Å². The quantitative estimate of drug-likeness (QED) is 0.868. The van der Waals surface area contributed by atoms with Gasteiger partial charge in [-0.1, -0.05) is 38.1 Å². The van der Waals surface area contributed by atoms with Crippen molar-refractivity contribution >= 4 is 0 Å². The number of hydrogen-bond donors (Lipinski definition) is 1. The van der Waals surface area contributed by atoms with Gasteiger partial charge in [-0.2, -0.15) is 0 Å². The molecule has 0 radical (unpaired) electrons. The summed E-state index contributed by atoms with van der Waals surface area (Å²) >= 11 is 0. The van der Waals surface area contributed by atoms with Crippen molar-refractivity contribution < 1.29 is 0 Å². The van der Waals surface area contributed by atoms with Crippen molar-refractivity contribution in [3.63, 3.8) is 0 Å². The summed E-state index contributed by atoms with van der Waals surface area (Å²) in [5.41, 5.74) is 4.43. The number of pyridine rings is 1. The largest absolute Gasteiger partial charge is 0.313 e. The van der Waals surface area contributed by atoms with Gasteiger partial charge < -0.3 is 5.32 Å². The molecule has 0 spiro atoms. The Morgan fingerprint density at radius 2 is 1.95 bits per heavy atom. The summed E-state index contributed by atoms with van der Waals surface area (Å²) in [7, 11) is 0. The molecule has 1 heterocycles. The highest BCUT2D eigenvalue weighted by Gasteiger charge is 2.35. The smallest absolute Gasteiger partial charge is 0.0270 e. The molecule has 110 valence electrons. The van der Waals surface area contributed by atoms with Gasteiger partial charge in [0.2, 0.25) is 0 Å². The lowest BCUT2D eigenvalue weighted by Crippen LogP contribution is -2.43. The van der Waals surface area contributed by atoms with Crippen molar-refractivity contribution in [2.75, 3.05) is 6.54 Å². The minimum absolute atomic E-state index is 0.498. The average Bonchev–Trinajstić information content (AvgIpc) is 2.52. The number of nitrogens with one attached hydrogen (secondary N) is 1. The van der Waals surface area contributed by atoms with Crippen molar-refractivity contribution in [3.05, 3.63) is 65.5 Å². The van der Waals surface area contributed by atoms with Crippen molar-refractivity contribution in [1.82, 2.24) is 10.3 Å². The minimum atomic E-state index is 0.498. The average molecular weight is 280 g/mol. The summed E-state index contributed by atoms with van der Waals surface area (Å²) in [4.78, 5) is 4.14. The number of fused-ring (bicyclic) bond motifs is 1. The fourth-order valence-electron chi connectivity index (χ4n) is 3.47. The van der Waals surface area contributed by atoms with Crippen LogP contribution in [0.1, 0.15) is 48.8 Å². The van der Waals surface area contributed by atoms with Crippen LogP contribution in [0.5, 0.6) is 0 Å². The van der Waals surface area contributed by atoms with E-state index < -0.39 is 0 Å². The first-order chi connectivity index (χ1) is 10.3. The number of aromatic nitrogens is 1. The van der Waals surface area contributed by atoms with Gasteiger partial charge in [0, 0.05) is 24.4 Å². The van der Waals surface area contributed by atoms with E-state index in [1.54, 1.807) is 0 Å². The first-order valence-electron chi connectivity index (χ1n) is 8.02. The summed E-state index contributed by atoms with van der Waals surface area (Å²) in [6, 6.07) is 13.7. The monoisotopic (exact) mass is 280 g/mol. The summed E-state index contributed by atoms with van der Waals surface area (Å²) < 4.78 is 0.